The molecule has 0 bridgehead atoms. The summed E-state index contributed by atoms with van der Waals surface area (Å²) in [5, 5.41) is 9.02. The van der Waals surface area contributed by atoms with Crippen LogP contribution in [0.1, 0.15) is 27.7 Å². The topological polar surface area (TPSA) is 73.3 Å². The first kappa shape index (κ1) is 16.9. The molecule has 2 heterocycles. The highest BCUT2D eigenvalue weighted by Crippen LogP contribution is 2.22. The van der Waals surface area contributed by atoms with Gasteiger partial charge < -0.3 is 19.6 Å². The largest absolute Gasteiger partial charge is 0.465 e. The van der Waals surface area contributed by atoms with Crippen molar-refractivity contribution in [1.82, 2.24) is 14.7 Å². The highest BCUT2D eigenvalue weighted by Gasteiger charge is 2.36. The Balaban J connectivity index is 1.72. The molecule has 22 heavy (non-hydrogen) atoms. The molecule has 2 rings (SSSR count). The summed E-state index contributed by atoms with van der Waals surface area (Å²) in [5.41, 5.74) is -0.455. The van der Waals surface area contributed by atoms with Crippen LogP contribution in [0.25, 0.3) is 0 Å². The zero-order valence-electron chi connectivity index (χ0n) is 13.9. The summed E-state index contributed by atoms with van der Waals surface area (Å²) < 4.78 is 5.34. The third kappa shape index (κ3) is 4.25. The smallest absolute Gasteiger partial charge is 0.410 e. The van der Waals surface area contributed by atoms with Gasteiger partial charge in [-0.1, -0.05) is 0 Å². The molecule has 2 fully saturated rings. The minimum Gasteiger partial charge on any atom is -0.465 e. The molecule has 0 aromatic heterocycles. The van der Waals surface area contributed by atoms with Crippen molar-refractivity contribution in [3.8, 4) is 0 Å². The van der Waals surface area contributed by atoms with E-state index in [-0.39, 0.29) is 12.1 Å². The van der Waals surface area contributed by atoms with Gasteiger partial charge in [0, 0.05) is 51.2 Å². The van der Waals surface area contributed by atoms with Gasteiger partial charge in [-0.05, 0) is 27.7 Å². The summed E-state index contributed by atoms with van der Waals surface area (Å²) in [6.07, 6.45) is -1.08. The summed E-state index contributed by atoms with van der Waals surface area (Å²) in [5.74, 6) is 0.450. The van der Waals surface area contributed by atoms with Crippen LogP contribution in [0.2, 0.25) is 0 Å². The second-order valence-corrected chi connectivity index (χ2v) is 7.32. The van der Waals surface area contributed by atoms with E-state index in [2.05, 4.69) is 11.8 Å². The van der Waals surface area contributed by atoms with Crippen molar-refractivity contribution >= 4 is 12.2 Å². The Kier molecular flexibility index (Phi) is 4.84. The van der Waals surface area contributed by atoms with Crippen LogP contribution in [0.4, 0.5) is 9.59 Å². The summed E-state index contributed by atoms with van der Waals surface area (Å²) >= 11 is 0. The highest BCUT2D eigenvalue weighted by atomic mass is 16.6. The quantitative estimate of drug-likeness (QED) is 0.837. The Morgan fingerprint density at radius 3 is 2.27 bits per heavy atom. The Morgan fingerprint density at radius 2 is 1.77 bits per heavy atom. The SMILES string of the molecule is CC1CN(C(=O)O)CCN1CC1CN(C(=O)OC(C)(C)C)C1. The molecule has 7 heteroatoms. The molecule has 0 saturated carbocycles. The normalized spacial score (nSPS) is 24.1. The number of likely N-dealkylation sites (tertiary alicyclic amines) is 1. The minimum absolute atomic E-state index is 0.223. The molecule has 2 saturated heterocycles. The number of piperazine rings is 1. The lowest BCUT2D eigenvalue weighted by molar-refractivity contribution is -0.0135. The van der Waals surface area contributed by atoms with E-state index >= 15 is 0 Å². The molecule has 0 aromatic rings. The number of carboxylic acid groups (broad SMARTS) is 1. The van der Waals surface area contributed by atoms with Gasteiger partial charge in [-0.2, -0.15) is 0 Å². The molecule has 0 aliphatic carbocycles. The van der Waals surface area contributed by atoms with Crippen LogP contribution < -0.4 is 0 Å². The number of carbonyl (C=O) groups excluding carboxylic acids is 1. The van der Waals surface area contributed by atoms with Gasteiger partial charge in [-0.15, -0.1) is 0 Å². The predicted octanol–water partition coefficient (Wildman–Crippen LogP) is 1.54. The number of hydrogen-bond acceptors (Lipinski definition) is 4. The van der Waals surface area contributed by atoms with E-state index in [1.165, 1.54) is 4.90 Å². The predicted molar refractivity (Wildman–Crippen MR) is 81.9 cm³/mol. The van der Waals surface area contributed by atoms with E-state index in [9.17, 15) is 9.59 Å². The molecule has 7 nitrogen and oxygen atoms in total. The van der Waals surface area contributed by atoms with E-state index in [0.29, 0.717) is 19.0 Å². The third-order valence-electron chi connectivity index (χ3n) is 4.14. The zero-order chi connectivity index (χ0) is 16.5. The first-order valence-electron chi connectivity index (χ1n) is 7.85. The van der Waals surface area contributed by atoms with Gasteiger partial charge in [-0.25, -0.2) is 9.59 Å². The summed E-state index contributed by atoms with van der Waals surface area (Å²) in [4.78, 5) is 28.4. The van der Waals surface area contributed by atoms with Gasteiger partial charge in [0.2, 0.25) is 0 Å². The van der Waals surface area contributed by atoms with Crippen LogP contribution in [0.3, 0.4) is 0 Å². The minimum atomic E-state index is -0.841. The van der Waals surface area contributed by atoms with Crippen molar-refractivity contribution in [2.24, 2.45) is 5.92 Å². The number of hydrogen-bond donors (Lipinski definition) is 1. The Morgan fingerprint density at radius 1 is 1.14 bits per heavy atom. The number of rotatable bonds is 2. The Labute approximate surface area is 131 Å². The number of ether oxygens (including phenoxy) is 1. The maximum atomic E-state index is 11.9. The van der Waals surface area contributed by atoms with Crippen LogP contribution in [-0.2, 0) is 4.74 Å². The van der Waals surface area contributed by atoms with Crippen LogP contribution in [-0.4, -0.2) is 82.9 Å². The lowest BCUT2D eigenvalue weighted by atomic mass is 9.98. The lowest BCUT2D eigenvalue weighted by Gasteiger charge is -2.45. The molecule has 2 amide bonds. The Bertz CT molecular complexity index is 429. The standard InChI is InChI=1S/C15H27N3O4/c1-11-7-17(13(19)20)6-5-16(11)8-12-9-18(10-12)14(21)22-15(2,3)4/h11-12H,5-10H2,1-4H3,(H,19,20). The van der Waals surface area contributed by atoms with E-state index in [1.54, 1.807) is 4.90 Å². The molecule has 0 aromatic carbocycles. The molecular weight excluding hydrogens is 286 g/mol. The van der Waals surface area contributed by atoms with Gasteiger partial charge in [0.25, 0.3) is 0 Å². The van der Waals surface area contributed by atoms with Crippen molar-refractivity contribution in [3.05, 3.63) is 0 Å². The van der Waals surface area contributed by atoms with E-state index in [1.807, 2.05) is 20.8 Å². The van der Waals surface area contributed by atoms with Crippen molar-refractivity contribution in [1.29, 1.82) is 0 Å². The molecule has 126 valence electrons. The van der Waals surface area contributed by atoms with Gasteiger partial charge >= 0.3 is 12.2 Å². The third-order valence-corrected chi connectivity index (χ3v) is 4.14. The first-order valence-corrected chi connectivity index (χ1v) is 7.85. The van der Waals surface area contributed by atoms with Gasteiger partial charge in [-0.3, -0.25) is 4.90 Å². The number of carbonyl (C=O) groups is 2. The summed E-state index contributed by atoms with van der Waals surface area (Å²) in [6, 6.07) is 0.223. The van der Waals surface area contributed by atoms with Gasteiger partial charge in [0.15, 0.2) is 0 Å². The average Bonchev–Trinajstić information content (AvgIpc) is 2.31. The van der Waals surface area contributed by atoms with Crippen molar-refractivity contribution < 1.29 is 19.4 Å². The van der Waals surface area contributed by atoms with Crippen molar-refractivity contribution in [3.63, 3.8) is 0 Å². The van der Waals surface area contributed by atoms with Crippen LogP contribution in [0.15, 0.2) is 0 Å². The van der Waals surface area contributed by atoms with Crippen molar-refractivity contribution in [2.75, 3.05) is 39.3 Å². The van der Waals surface area contributed by atoms with E-state index < -0.39 is 11.7 Å². The number of nitrogens with zero attached hydrogens (tertiary/aromatic N) is 3. The fourth-order valence-corrected chi connectivity index (χ4v) is 2.93. The molecule has 2 aliphatic heterocycles. The maximum Gasteiger partial charge on any atom is 0.410 e. The summed E-state index contributed by atoms with van der Waals surface area (Å²) in [7, 11) is 0. The van der Waals surface area contributed by atoms with Crippen molar-refractivity contribution in [2.45, 2.75) is 39.3 Å². The van der Waals surface area contributed by atoms with Gasteiger partial charge in [0.05, 0.1) is 0 Å². The second kappa shape index (κ2) is 6.32. The van der Waals surface area contributed by atoms with E-state index in [0.717, 1.165) is 26.2 Å². The molecule has 1 N–H and O–H groups in total. The Hall–Kier alpha value is -1.50. The van der Waals surface area contributed by atoms with Gasteiger partial charge in [0.1, 0.15) is 5.60 Å². The second-order valence-electron chi connectivity index (χ2n) is 7.32. The fourth-order valence-electron chi connectivity index (χ4n) is 2.93. The van der Waals surface area contributed by atoms with Crippen LogP contribution >= 0.6 is 0 Å². The average molecular weight is 313 g/mol. The molecule has 1 unspecified atom stereocenters. The molecular formula is C15H27N3O4. The summed E-state index contributed by atoms with van der Waals surface area (Å²) in [6.45, 7) is 11.9. The van der Waals surface area contributed by atoms with Crippen LogP contribution in [0.5, 0.6) is 0 Å². The molecule has 2 aliphatic rings. The molecule has 1 atom stereocenters. The fraction of sp³-hybridized carbons (Fsp3) is 0.867. The van der Waals surface area contributed by atoms with E-state index in [4.69, 9.17) is 9.84 Å². The number of amides is 2. The maximum absolute atomic E-state index is 11.9. The van der Waals surface area contributed by atoms with Crippen LogP contribution in [0, 0.1) is 5.92 Å². The molecule has 0 spiro atoms. The lowest BCUT2D eigenvalue weighted by Crippen LogP contribution is -2.59. The highest BCUT2D eigenvalue weighted by molar-refractivity contribution is 5.69. The monoisotopic (exact) mass is 313 g/mol. The first-order chi connectivity index (χ1) is 10.2. The zero-order valence-corrected chi connectivity index (χ0v) is 13.9. The molecule has 0 radical (unpaired) electrons.